The van der Waals surface area contributed by atoms with Crippen molar-refractivity contribution in [2.24, 2.45) is 0 Å². The molecule has 2 rings (SSSR count). The molecular weight excluding hydrogens is 302 g/mol. The van der Waals surface area contributed by atoms with Gasteiger partial charge in [-0.1, -0.05) is 0 Å². The third-order valence-electron chi connectivity index (χ3n) is 2.95. The number of rotatable bonds is 2. The molecule has 1 aliphatic heterocycles. The van der Waals surface area contributed by atoms with E-state index in [1.165, 1.54) is 6.07 Å². The number of carbonyl (C=O) groups excluding carboxylic acids is 1. The number of halogens is 1. The maximum Gasteiger partial charge on any atom is 0.283 e. The van der Waals surface area contributed by atoms with Gasteiger partial charge in [-0.05, 0) is 28.1 Å². The Balaban J connectivity index is 2.22. The molecule has 1 saturated heterocycles. The van der Waals surface area contributed by atoms with Crippen molar-refractivity contribution in [1.29, 1.82) is 0 Å². The predicted octanol–water partition coefficient (Wildman–Crippen LogP) is 1.64. The molecule has 1 fully saturated rings. The smallest absolute Gasteiger partial charge is 0.283 e. The molecule has 0 bridgehead atoms. The number of nitro groups is 1. The van der Waals surface area contributed by atoms with Gasteiger partial charge in [0.1, 0.15) is 0 Å². The molecule has 0 unspecified atom stereocenters. The summed E-state index contributed by atoms with van der Waals surface area (Å²) in [6, 6.07) is 4.79. The van der Waals surface area contributed by atoms with Crippen LogP contribution in [0.5, 0.6) is 0 Å². The maximum absolute atomic E-state index is 11.6. The van der Waals surface area contributed by atoms with Gasteiger partial charge in [-0.2, -0.15) is 0 Å². The maximum atomic E-state index is 11.6. The second-order valence-electron chi connectivity index (χ2n) is 4.13. The number of nitrogens with zero attached hydrogens (tertiary/aromatic N) is 3. The summed E-state index contributed by atoms with van der Waals surface area (Å²) in [7, 11) is 1.77. The molecule has 1 aliphatic rings. The Hall–Kier alpha value is -1.63. The minimum absolute atomic E-state index is 0.0270. The van der Waals surface area contributed by atoms with Crippen LogP contribution >= 0.6 is 15.9 Å². The second-order valence-corrected chi connectivity index (χ2v) is 4.98. The van der Waals surface area contributed by atoms with E-state index in [9.17, 15) is 14.9 Å². The highest BCUT2D eigenvalue weighted by Crippen LogP contribution is 2.29. The van der Waals surface area contributed by atoms with Crippen LogP contribution in [0, 0.1) is 10.1 Å². The monoisotopic (exact) mass is 313 g/mol. The van der Waals surface area contributed by atoms with Crippen molar-refractivity contribution in [2.45, 2.75) is 0 Å². The first-order valence-corrected chi connectivity index (χ1v) is 6.21. The standard InChI is InChI=1S/C11H12BrN3O3/c1-13-4-5-14(7-11(13)16)8-2-3-10(15(17)18)9(12)6-8/h2-3,6H,4-5,7H2,1H3. The number of piperazine rings is 1. The quantitative estimate of drug-likeness (QED) is 0.615. The fraction of sp³-hybridized carbons (Fsp3) is 0.364. The first kappa shape index (κ1) is 12.8. The van der Waals surface area contributed by atoms with Crippen LogP contribution in [0.15, 0.2) is 22.7 Å². The van der Waals surface area contributed by atoms with E-state index in [4.69, 9.17) is 0 Å². The number of carbonyl (C=O) groups is 1. The topological polar surface area (TPSA) is 66.7 Å². The second kappa shape index (κ2) is 4.93. The molecule has 0 spiro atoms. The van der Waals surface area contributed by atoms with Gasteiger partial charge in [-0.3, -0.25) is 14.9 Å². The highest BCUT2D eigenvalue weighted by atomic mass is 79.9. The van der Waals surface area contributed by atoms with Crippen LogP contribution in [0.2, 0.25) is 0 Å². The molecule has 96 valence electrons. The Bertz CT molecular complexity index is 506. The fourth-order valence-corrected chi connectivity index (χ4v) is 2.33. The molecule has 0 aliphatic carbocycles. The van der Waals surface area contributed by atoms with E-state index in [-0.39, 0.29) is 11.6 Å². The normalized spacial score (nSPS) is 16.0. The van der Waals surface area contributed by atoms with Gasteiger partial charge in [-0.15, -0.1) is 0 Å². The van der Waals surface area contributed by atoms with E-state index in [1.54, 1.807) is 24.1 Å². The van der Waals surface area contributed by atoms with Crippen LogP contribution in [0.4, 0.5) is 11.4 Å². The van der Waals surface area contributed by atoms with E-state index < -0.39 is 4.92 Å². The van der Waals surface area contributed by atoms with E-state index in [2.05, 4.69) is 15.9 Å². The van der Waals surface area contributed by atoms with Crippen LogP contribution in [0.1, 0.15) is 0 Å². The number of anilines is 1. The van der Waals surface area contributed by atoms with E-state index in [1.807, 2.05) is 4.90 Å². The Morgan fingerprint density at radius 2 is 2.11 bits per heavy atom. The van der Waals surface area contributed by atoms with Gasteiger partial charge < -0.3 is 9.80 Å². The van der Waals surface area contributed by atoms with E-state index in [0.29, 0.717) is 17.6 Å². The number of hydrogen-bond acceptors (Lipinski definition) is 4. The number of nitro benzene ring substituents is 1. The molecule has 0 N–H and O–H groups in total. The van der Waals surface area contributed by atoms with Crippen molar-refractivity contribution in [1.82, 2.24) is 4.90 Å². The van der Waals surface area contributed by atoms with Crippen molar-refractivity contribution in [3.63, 3.8) is 0 Å². The van der Waals surface area contributed by atoms with Crippen molar-refractivity contribution >= 4 is 33.2 Å². The lowest BCUT2D eigenvalue weighted by Crippen LogP contribution is -2.48. The van der Waals surface area contributed by atoms with Gasteiger partial charge in [0, 0.05) is 31.9 Å². The van der Waals surface area contributed by atoms with Crippen LogP contribution in [-0.2, 0) is 4.79 Å². The molecular formula is C11H12BrN3O3. The van der Waals surface area contributed by atoms with Crippen molar-refractivity contribution in [2.75, 3.05) is 31.6 Å². The lowest BCUT2D eigenvalue weighted by atomic mass is 10.2. The molecule has 1 amide bonds. The Kier molecular flexibility index (Phi) is 3.51. The summed E-state index contributed by atoms with van der Waals surface area (Å²) in [5.74, 6) is 0.0516. The van der Waals surface area contributed by atoms with Gasteiger partial charge in [0.05, 0.1) is 15.9 Å². The SMILES string of the molecule is CN1CCN(c2ccc([N+](=O)[O-])c(Br)c2)CC1=O. The van der Waals surface area contributed by atoms with Gasteiger partial charge in [0.25, 0.3) is 5.69 Å². The van der Waals surface area contributed by atoms with Gasteiger partial charge in [0.2, 0.25) is 5.91 Å². The average Bonchev–Trinajstić information content (AvgIpc) is 2.32. The first-order chi connectivity index (χ1) is 8.49. The highest BCUT2D eigenvalue weighted by molar-refractivity contribution is 9.10. The largest absolute Gasteiger partial charge is 0.360 e. The summed E-state index contributed by atoms with van der Waals surface area (Å²) in [5.41, 5.74) is 0.841. The molecule has 0 atom stereocenters. The van der Waals surface area contributed by atoms with Crippen LogP contribution in [-0.4, -0.2) is 42.4 Å². The highest BCUT2D eigenvalue weighted by Gasteiger charge is 2.22. The zero-order valence-corrected chi connectivity index (χ0v) is 11.4. The Morgan fingerprint density at radius 1 is 1.39 bits per heavy atom. The zero-order valence-electron chi connectivity index (χ0n) is 9.80. The molecule has 6 nitrogen and oxygen atoms in total. The number of benzene rings is 1. The minimum Gasteiger partial charge on any atom is -0.360 e. The predicted molar refractivity (Wildman–Crippen MR) is 70.6 cm³/mol. The van der Waals surface area contributed by atoms with Gasteiger partial charge in [0.15, 0.2) is 0 Å². The summed E-state index contributed by atoms with van der Waals surface area (Å²) in [5, 5.41) is 10.7. The molecule has 0 saturated carbocycles. The Labute approximate surface area is 112 Å². The summed E-state index contributed by atoms with van der Waals surface area (Å²) < 4.78 is 0.427. The molecule has 7 heteroatoms. The van der Waals surface area contributed by atoms with E-state index >= 15 is 0 Å². The zero-order chi connectivity index (χ0) is 13.3. The van der Waals surface area contributed by atoms with Crippen LogP contribution in [0.25, 0.3) is 0 Å². The first-order valence-electron chi connectivity index (χ1n) is 5.42. The van der Waals surface area contributed by atoms with Crippen LogP contribution < -0.4 is 4.90 Å². The summed E-state index contributed by atoms with van der Waals surface area (Å²) in [6.45, 7) is 1.70. The molecule has 0 radical (unpaired) electrons. The molecule has 18 heavy (non-hydrogen) atoms. The van der Waals surface area contributed by atoms with Crippen molar-refractivity contribution < 1.29 is 9.72 Å². The van der Waals surface area contributed by atoms with Gasteiger partial charge >= 0.3 is 0 Å². The molecule has 0 aromatic heterocycles. The van der Waals surface area contributed by atoms with Crippen LogP contribution in [0.3, 0.4) is 0 Å². The number of likely N-dealkylation sites (N-methyl/N-ethyl adjacent to an activating group) is 1. The minimum atomic E-state index is -0.441. The third-order valence-corrected chi connectivity index (χ3v) is 3.59. The lowest BCUT2D eigenvalue weighted by molar-refractivity contribution is -0.385. The molecule has 1 aromatic carbocycles. The van der Waals surface area contributed by atoms with Crippen molar-refractivity contribution in [3.05, 3.63) is 32.8 Å². The summed E-state index contributed by atoms with van der Waals surface area (Å²) in [4.78, 5) is 25.5. The molecule has 1 heterocycles. The van der Waals surface area contributed by atoms with Crippen molar-refractivity contribution in [3.8, 4) is 0 Å². The lowest BCUT2D eigenvalue weighted by Gasteiger charge is -2.33. The molecule has 1 aromatic rings. The van der Waals surface area contributed by atoms with E-state index in [0.717, 1.165) is 12.2 Å². The summed E-state index contributed by atoms with van der Waals surface area (Å²) >= 11 is 3.18. The average molecular weight is 314 g/mol. The number of amides is 1. The third kappa shape index (κ3) is 2.45. The number of hydrogen-bond donors (Lipinski definition) is 0. The van der Waals surface area contributed by atoms with Gasteiger partial charge in [-0.25, -0.2) is 0 Å². The summed E-state index contributed by atoms with van der Waals surface area (Å²) in [6.07, 6.45) is 0. The fourth-order valence-electron chi connectivity index (χ4n) is 1.82. The Morgan fingerprint density at radius 3 is 2.67 bits per heavy atom.